The van der Waals surface area contributed by atoms with Crippen LogP contribution in [0.2, 0.25) is 0 Å². The summed E-state index contributed by atoms with van der Waals surface area (Å²) in [7, 11) is 0. The predicted molar refractivity (Wildman–Crippen MR) is 62.2 cm³/mol. The van der Waals surface area contributed by atoms with Gasteiger partial charge in [-0.05, 0) is 24.0 Å². The number of aryl methyl sites for hydroxylation is 1. The molecule has 15 heavy (non-hydrogen) atoms. The average Bonchev–Trinajstić information content (AvgIpc) is 2.27. The Labute approximate surface area is 91.7 Å². The Morgan fingerprint density at radius 3 is 2.53 bits per heavy atom. The molecule has 1 aromatic carbocycles. The molecule has 1 aromatic rings. The molecule has 0 saturated carbocycles. The van der Waals surface area contributed by atoms with Crippen molar-refractivity contribution in [2.24, 2.45) is 5.73 Å². The Balaban J connectivity index is 2.59. The first-order valence-electron chi connectivity index (χ1n) is 5.49. The van der Waals surface area contributed by atoms with E-state index in [1.54, 1.807) is 0 Å². The second-order valence-corrected chi connectivity index (χ2v) is 3.79. The topological polar surface area (TPSA) is 49.8 Å². The minimum absolute atomic E-state index is 0.000302. The van der Waals surface area contributed by atoms with Gasteiger partial charge in [0.25, 0.3) is 0 Å². The highest BCUT2D eigenvalue weighted by molar-refractivity contribution is 5.25. The van der Waals surface area contributed by atoms with Crippen LogP contribution in [0.5, 0.6) is 0 Å². The zero-order valence-electron chi connectivity index (χ0n) is 9.24. The van der Waals surface area contributed by atoms with Gasteiger partial charge in [0.2, 0.25) is 0 Å². The van der Waals surface area contributed by atoms with E-state index >= 15 is 0 Å². The number of nitriles is 1. The van der Waals surface area contributed by atoms with E-state index in [9.17, 15) is 0 Å². The molecule has 1 rings (SSSR count). The van der Waals surface area contributed by atoms with E-state index in [1.165, 1.54) is 12.0 Å². The molecule has 80 valence electrons. The molecule has 2 nitrogen and oxygen atoms in total. The molecule has 2 heteroatoms. The summed E-state index contributed by atoms with van der Waals surface area (Å²) in [6.45, 7) is 2.17. The third kappa shape index (κ3) is 3.73. The molecule has 0 radical (unpaired) electrons. The number of hydrogen-bond donors (Lipinski definition) is 1. The third-order valence-corrected chi connectivity index (χ3v) is 2.51. The molecule has 1 unspecified atom stereocenters. The SMILES string of the molecule is CCCc1ccc(C(N)CCC#N)cc1. The summed E-state index contributed by atoms with van der Waals surface area (Å²) in [5.74, 6) is 0. The maximum absolute atomic E-state index is 8.47. The van der Waals surface area contributed by atoms with Gasteiger partial charge >= 0.3 is 0 Å². The van der Waals surface area contributed by atoms with Gasteiger partial charge < -0.3 is 5.73 Å². The summed E-state index contributed by atoms with van der Waals surface area (Å²) < 4.78 is 0. The lowest BCUT2D eigenvalue weighted by molar-refractivity contribution is 0.664. The standard InChI is InChI=1S/C13H18N2/c1-2-4-11-6-8-12(9-7-11)13(15)5-3-10-14/h6-9,13H,2-5,15H2,1H3. The third-order valence-electron chi connectivity index (χ3n) is 2.51. The molecule has 2 N–H and O–H groups in total. The van der Waals surface area contributed by atoms with Crippen molar-refractivity contribution in [1.82, 2.24) is 0 Å². The van der Waals surface area contributed by atoms with E-state index in [2.05, 4.69) is 37.3 Å². The van der Waals surface area contributed by atoms with Crippen molar-refractivity contribution in [1.29, 1.82) is 5.26 Å². The Bertz CT molecular complexity index is 321. The first-order valence-corrected chi connectivity index (χ1v) is 5.49. The summed E-state index contributed by atoms with van der Waals surface area (Å²) in [5.41, 5.74) is 8.44. The zero-order chi connectivity index (χ0) is 11.1. The van der Waals surface area contributed by atoms with Crippen LogP contribution in [0.4, 0.5) is 0 Å². The summed E-state index contributed by atoms with van der Waals surface area (Å²) in [5, 5.41) is 8.47. The van der Waals surface area contributed by atoms with Gasteiger partial charge in [0.05, 0.1) is 6.07 Å². The van der Waals surface area contributed by atoms with Crippen LogP contribution in [-0.2, 0) is 6.42 Å². The predicted octanol–water partition coefficient (Wildman–Crippen LogP) is 2.94. The van der Waals surface area contributed by atoms with E-state index in [0.29, 0.717) is 6.42 Å². The second kappa shape index (κ2) is 6.21. The largest absolute Gasteiger partial charge is 0.324 e. The van der Waals surface area contributed by atoms with Crippen molar-refractivity contribution in [3.8, 4) is 6.07 Å². The van der Waals surface area contributed by atoms with Gasteiger partial charge in [-0.3, -0.25) is 0 Å². The molecule has 0 aliphatic carbocycles. The number of rotatable bonds is 5. The second-order valence-electron chi connectivity index (χ2n) is 3.79. The zero-order valence-corrected chi connectivity index (χ0v) is 9.24. The Hall–Kier alpha value is -1.33. The molecule has 0 aromatic heterocycles. The van der Waals surface area contributed by atoms with Crippen molar-refractivity contribution in [3.63, 3.8) is 0 Å². The number of hydrogen-bond acceptors (Lipinski definition) is 2. The Morgan fingerprint density at radius 1 is 1.33 bits per heavy atom. The summed E-state index contributed by atoms with van der Waals surface area (Å²) >= 11 is 0. The molecule has 1 atom stereocenters. The van der Waals surface area contributed by atoms with Crippen LogP contribution < -0.4 is 5.73 Å². The van der Waals surface area contributed by atoms with Crippen LogP contribution in [0.1, 0.15) is 43.4 Å². The van der Waals surface area contributed by atoms with Gasteiger partial charge in [0.15, 0.2) is 0 Å². The minimum Gasteiger partial charge on any atom is -0.324 e. The highest BCUT2D eigenvalue weighted by Crippen LogP contribution is 2.16. The van der Waals surface area contributed by atoms with E-state index < -0.39 is 0 Å². The summed E-state index contributed by atoms with van der Waals surface area (Å²) in [6.07, 6.45) is 3.55. The monoisotopic (exact) mass is 202 g/mol. The van der Waals surface area contributed by atoms with E-state index in [-0.39, 0.29) is 6.04 Å². The lowest BCUT2D eigenvalue weighted by atomic mass is 10.0. The molecule has 0 spiro atoms. The van der Waals surface area contributed by atoms with Crippen molar-refractivity contribution in [2.75, 3.05) is 0 Å². The molecule has 0 amide bonds. The van der Waals surface area contributed by atoms with Crippen molar-refractivity contribution >= 4 is 0 Å². The molecule has 0 heterocycles. The number of nitrogens with two attached hydrogens (primary N) is 1. The van der Waals surface area contributed by atoms with Gasteiger partial charge in [0, 0.05) is 12.5 Å². The minimum atomic E-state index is 0.000302. The highest BCUT2D eigenvalue weighted by atomic mass is 14.6. The molecule has 0 fully saturated rings. The maximum atomic E-state index is 8.47. The fraction of sp³-hybridized carbons (Fsp3) is 0.462. The molecule has 0 saturated heterocycles. The van der Waals surface area contributed by atoms with E-state index in [4.69, 9.17) is 11.0 Å². The van der Waals surface area contributed by atoms with Gasteiger partial charge in [0.1, 0.15) is 0 Å². The number of benzene rings is 1. The molecular weight excluding hydrogens is 184 g/mol. The van der Waals surface area contributed by atoms with Crippen LogP contribution in [-0.4, -0.2) is 0 Å². The fourth-order valence-corrected chi connectivity index (χ4v) is 1.61. The van der Waals surface area contributed by atoms with E-state index in [1.807, 2.05) is 0 Å². The Morgan fingerprint density at radius 2 is 2.00 bits per heavy atom. The Kier molecular flexibility index (Phi) is 4.86. The van der Waals surface area contributed by atoms with Crippen LogP contribution in [0.25, 0.3) is 0 Å². The fourth-order valence-electron chi connectivity index (χ4n) is 1.61. The number of nitrogens with zero attached hydrogens (tertiary/aromatic N) is 1. The van der Waals surface area contributed by atoms with Crippen LogP contribution in [0, 0.1) is 11.3 Å². The van der Waals surface area contributed by atoms with Gasteiger partial charge in [-0.2, -0.15) is 5.26 Å². The van der Waals surface area contributed by atoms with Gasteiger partial charge in [-0.1, -0.05) is 37.6 Å². The average molecular weight is 202 g/mol. The first kappa shape index (κ1) is 11.7. The molecular formula is C13H18N2. The van der Waals surface area contributed by atoms with Crippen LogP contribution in [0.15, 0.2) is 24.3 Å². The first-order chi connectivity index (χ1) is 7.27. The van der Waals surface area contributed by atoms with Crippen molar-refractivity contribution in [3.05, 3.63) is 35.4 Å². The lowest BCUT2D eigenvalue weighted by Crippen LogP contribution is -2.09. The molecule has 0 bridgehead atoms. The van der Waals surface area contributed by atoms with Gasteiger partial charge in [-0.15, -0.1) is 0 Å². The highest BCUT2D eigenvalue weighted by Gasteiger charge is 2.04. The van der Waals surface area contributed by atoms with Gasteiger partial charge in [-0.25, -0.2) is 0 Å². The maximum Gasteiger partial charge on any atom is 0.0622 e. The van der Waals surface area contributed by atoms with Crippen LogP contribution >= 0.6 is 0 Å². The summed E-state index contributed by atoms with van der Waals surface area (Å²) in [6, 6.07) is 10.5. The summed E-state index contributed by atoms with van der Waals surface area (Å²) in [4.78, 5) is 0. The smallest absolute Gasteiger partial charge is 0.0622 e. The van der Waals surface area contributed by atoms with Crippen LogP contribution in [0.3, 0.4) is 0 Å². The quantitative estimate of drug-likeness (QED) is 0.798. The molecule has 0 aliphatic rings. The lowest BCUT2D eigenvalue weighted by Gasteiger charge is -2.10. The van der Waals surface area contributed by atoms with Crippen molar-refractivity contribution < 1.29 is 0 Å². The normalized spacial score (nSPS) is 12.1. The van der Waals surface area contributed by atoms with E-state index in [0.717, 1.165) is 18.4 Å². The molecule has 0 aliphatic heterocycles. The van der Waals surface area contributed by atoms with Crippen molar-refractivity contribution in [2.45, 2.75) is 38.6 Å².